The molecule has 3 fully saturated rings. The highest BCUT2D eigenvalue weighted by molar-refractivity contribution is 5.89. The average molecular weight is 343 g/mol. The maximum absolute atomic E-state index is 9.55. The number of imidazole rings is 1. The van der Waals surface area contributed by atoms with E-state index in [1.54, 1.807) is 0 Å². The molecular weight excluding hydrogens is 322 g/mol. The van der Waals surface area contributed by atoms with Crippen LogP contribution in [-0.2, 0) is 9.59 Å². The third-order valence-electron chi connectivity index (χ3n) is 4.83. The van der Waals surface area contributed by atoms with Gasteiger partial charge in [-0.15, -0.1) is 0 Å². The zero-order valence-electron chi connectivity index (χ0n) is 13.8. The van der Waals surface area contributed by atoms with Crippen LogP contribution < -0.4 is 0 Å². The van der Waals surface area contributed by atoms with Crippen molar-refractivity contribution in [2.45, 2.75) is 18.9 Å². The van der Waals surface area contributed by atoms with Crippen LogP contribution >= 0.6 is 0 Å². The first kappa shape index (κ1) is 17.2. The van der Waals surface area contributed by atoms with E-state index in [0.29, 0.717) is 18.2 Å². The van der Waals surface area contributed by atoms with E-state index in [0.717, 1.165) is 11.4 Å². The summed E-state index contributed by atoms with van der Waals surface area (Å²) in [5.41, 5.74) is 2.43. The molecule has 2 bridgehead atoms. The Balaban J connectivity index is 0.000000197. The zero-order valence-corrected chi connectivity index (χ0v) is 13.8. The van der Waals surface area contributed by atoms with Crippen LogP contribution in [0, 0.1) is 5.92 Å². The molecule has 0 radical (unpaired) electrons. The molecule has 3 aliphatic heterocycles. The molecule has 0 saturated carbocycles. The first-order valence-corrected chi connectivity index (χ1v) is 8.32. The fraction of sp³-hybridized carbons (Fsp3) is 0.389. The Labute approximate surface area is 145 Å². The molecule has 7 heteroatoms. The summed E-state index contributed by atoms with van der Waals surface area (Å²) in [4.78, 5) is 26.2. The van der Waals surface area contributed by atoms with Crippen molar-refractivity contribution in [3.63, 3.8) is 0 Å². The number of aliphatic carboxylic acids is 2. The predicted octanol–water partition coefficient (Wildman–Crippen LogP) is 2.01. The number of aromatic nitrogens is 2. The number of carboxylic acid groups (broad SMARTS) is 2. The number of hydrogen-bond donors (Lipinski definition) is 2. The third-order valence-corrected chi connectivity index (χ3v) is 4.83. The number of nitrogens with zero attached hydrogens (tertiary/aromatic N) is 3. The maximum atomic E-state index is 9.55. The minimum absolute atomic E-state index is 0.558. The molecule has 3 saturated heterocycles. The van der Waals surface area contributed by atoms with Crippen LogP contribution in [0.25, 0.3) is 11.0 Å². The van der Waals surface area contributed by atoms with Gasteiger partial charge < -0.3 is 19.7 Å². The van der Waals surface area contributed by atoms with Crippen molar-refractivity contribution in [2.24, 2.45) is 5.92 Å². The fourth-order valence-electron chi connectivity index (χ4n) is 3.63. The Bertz CT molecular complexity index is 774. The summed E-state index contributed by atoms with van der Waals surface area (Å²) in [5.74, 6) is -1.66. The number of benzene rings is 1. The maximum Gasteiger partial charge on any atom is 0.328 e. The normalized spacial score (nSPS) is 24.9. The van der Waals surface area contributed by atoms with Crippen LogP contribution in [0.3, 0.4) is 0 Å². The molecule has 3 aliphatic rings. The first-order valence-electron chi connectivity index (χ1n) is 8.32. The Kier molecular flexibility index (Phi) is 5.14. The van der Waals surface area contributed by atoms with E-state index < -0.39 is 11.9 Å². The van der Waals surface area contributed by atoms with Crippen molar-refractivity contribution in [2.75, 3.05) is 19.6 Å². The van der Waals surface area contributed by atoms with Gasteiger partial charge in [-0.1, -0.05) is 12.1 Å². The molecule has 1 atom stereocenters. The van der Waals surface area contributed by atoms with Gasteiger partial charge in [-0.3, -0.25) is 0 Å². The van der Waals surface area contributed by atoms with E-state index in [4.69, 9.17) is 10.2 Å². The van der Waals surface area contributed by atoms with Crippen LogP contribution in [0.5, 0.6) is 0 Å². The molecule has 4 heterocycles. The lowest BCUT2D eigenvalue weighted by Gasteiger charge is -2.45. The number of carboxylic acids is 2. The van der Waals surface area contributed by atoms with Crippen molar-refractivity contribution in [1.29, 1.82) is 0 Å². The van der Waals surface area contributed by atoms with Crippen molar-refractivity contribution in [1.82, 2.24) is 14.5 Å². The van der Waals surface area contributed by atoms with Crippen LogP contribution in [0.4, 0.5) is 0 Å². The fourth-order valence-corrected chi connectivity index (χ4v) is 3.63. The molecule has 2 N–H and O–H groups in total. The van der Waals surface area contributed by atoms with E-state index >= 15 is 0 Å². The van der Waals surface area contributed by atoms with E-state index in [1.165, 1.54) is 38.0 Å². The van der Waals surface area contributed by atoms with E-state index in [9.17, 15) is 9.59 Å². The van der Waals surface area contributed by atoms with Gasteiger partial charge in [-0.25, -0.2) is 14.6 Å². The Morgan fingerprint density at radius 2 is 1.72 bits per heavy atom. The summed E-state index contributed by atoms with van der Waals surface area (Å²) < 4.78 is 2.41. The molecule has 2 aromatic rings. The van der Waals surface area contributed by atoms with Crippen molar-refractivity contribution >= 4 is 23.0 Å². The van der Waals surface area contributed by atoms with Crippen LogP contribution in [-0.4, -0.2) is 56.2 Å². The molecule has 5 rings (SSSR count). The monoisotopic (exact) mass is 343 g/mol. The number of hydrogen-bond acceptors (Lipinski definition) is 4. The summed E-state index contributed by atoms with van der Waals surface area (Å²) in [6.45, 7) is 3.81. The van der Waals surface area contributed by atoms with E-state index in [2.05, 4.69) is 38.7 Å². The van der Waals surface area contributed by atoms with Crippen LogP contribution in [0.1, 0.15) is 18.9 Å². The molecule has 7 nitrogen and oxygen atoms in total. The summed E-state index contributed by atoms with van der Waals surface area (Å²) >= 11 is 0. The van der Waals surface area contributed by atoms with E-state index in [-0.39, 0.29) is 0 Å². The topological polar surface area (TPSA) is 95.7 Å². The van der Waals surface area contributed by atoms with Gasteiger partial charge in [0.2, 0.25) is 0 Å². The Morgan fingerprint density at radius 3 is 2.28 bits per heavy atom. The van der Waals surface area contributed by atoms with Crippen molar-refractivity contribution in [3.05, 3.63) is 42.7 Å². The van der Waals surface area contributed by atoms with Gasteiger partial charge in [0, 0.05) is 18.7 Å². The SMILES string of the molecule is O=C(O)/C=C/C(=O)O.c1ccc2c(c1)ncn2C1CN2CCC1CC2. The molecule has 0 amide bonds. The highest BCUT2D eigenvalue weighted by atomic mass is 16.4. The van der Waals surface area contributed by atoms with Crippen molar-refractivity contribution in [3.8, 4) is 0 Å². The second kappa shape index (κ2) is 7.48. The number of fused-ring (bicyclic) bond motifs is 4. The lowest BCUT2D eigenvalue weighted by molar-refractivity contribution is -0.134. The second-order valence-corrected chi connectivity index (χ2v) is 6.36. The van der Waals surface area contributed by atoms with Gasteiger partial charge in [0.05, 0.1) is 23.4 Å². The summed E-state index contributed by atoms with van der Waals surface area (Å²) in [7, 11) is 0. The van der Waals surface area contributed by atoms with Gasteiger partial charge in [0.25, 0.3) is 0 Å². The minimum Gasteiger partial charge on any atom is -0.478 e. The molecule has 1 unspecified atom stereocenters. The van der Waals surface area contributed by atoms with Gasteiger partial charge in [0.15, 0.2) is 0 Å². The molecule has 0 aliphatic carbocycles. The number of carbonyl (C=O) groups is 2. The average Bonchev–Trinajstić information content (AvgIpc) is 3.05. The number of para-hydroxylation sites is 2. The van der Waals surface area contributed by atoms with Crippen molar-refractivity contribution < 1.29 is 19.8 Å². The minimum atomic E-state index is -1.26. The number of piperidine rings is 3. The van der Waals surface area contributed by atoms with E-state index in [1.807, 2.05) is 6.33 Å². The van der Waals surface area contributed by atoms with Crippen LogP contribution in [0.2, 0.25) is 0 Å². The predicted molar refractivity (Wildman–Crippen MR) is 92.3 cm³/mol. The van der Waals surface area contributed by atoms with Crippen LogP contribution in [0.15, 0.2) is 42.7 Å². The molecule has 1 aromatic heterocycles. The third kappa shape index (κ3) is 4.06. The summed E-state index contributed by atoms with van der Waals surface area (Å²) in [6, 6.07) is 9.12. The quantitative estimate of drug-likeness (QED) is 0.828. The summed E-state index contributed by atoms with van der Waals surface area (Å²) in [5, 5.41) is 15.6. The molecule has 0 spiro atoms. The van der Waals surface area contributed by atoms with Gasteiger partial charge >= 0.3 is 11.9 Å². The standard InChI is InChI=1S/C14H17N3.C4H4O4/c1-2-4-13-12(3-1)15-10-17(13)14-9-16-7-5-11(14)6-8-16;5-3(6)1-2-4(7)8/h1-4,10-11,14H,5-9H2;1-2H,(H,5,6)(H,7,8)/b;2-1+. The molecule has 25 heavy (non-hydrogen) atoms. The second-order valence-electron chi connectivity index (χ2n) is 6.36. The van der Waals surface area contributed by atoms with Gasteiger partial charge in [0.1, 0.15) is 0 Å². The lowest BCUT2D eigenvalue weighted by atomic mass is 9.84. The molecular formula is C18H21N3O4. The highest BCUT2D eigenvalue weighted by Gasteiger charge is 2.35. The summed E-state index contributed by atoms with van der Waals surface area (Å²) in [6.07, 6.45) is 5.87. The number of rotatable bonds is 3. The molecule has 1 aromatic carbocycles. The lowest BCUT2D eigenvalue weighted by Crippen LogP contribution is -2.47. The largest absolute Gasteiger partial charge is 0.478 e. The smallest absolute Gasteiger partial charge is 0.328 e. The first-order chi connectivity index (χ1) is 12.0. The highest BCUT2D eigenvalue weighted by Crippen LogP contribution is 2.36. The van der Waals surface area contributed by atoms with Gasteiger partial charge in [-0.2, -0.15) is 0 Å². The Hall–Kier alpha value is -2.67. The Morgan fingerprint density at radius 1 is 1.08 bits per heavy atom. The molecule has 132 valence electrons. The zero-order chi connectivity index (χ0) is 17.8. The van der Waals surface area contributed by atoms with Gasteiger partial charge in [-0.05, 0) is 44.0 Å².